The first-order valence-electron chi connectivity index (χ1n) is 12.4. The fourth-order valence-electron chi connectivity index (χ4n) is 5.02. The van der Waals surface area contributed by atoms with Gasteiger partial charge in [-0.3, -0.25) is 14.4 Å². The summed E-state index contributed by atoms with van der Waals surface area (Å²) in [5, 5.41) is 3.29. The van der Waals surface area contributed by atoms with Crippen molar-refractivity contribution in [3.05, 3.63) is 167 Å². The zero-order valence-electron chi connectivity index (χ0n) is 20.4. The van der Waals surface area contributed by atoms with Gasteiger partial charge in [-0.1, -0.05) is 127 Å². The van der Waals surface area contributed by atoms with E-state index < -0.39 is 0 Å². The molecule has 180 valence electrons. The van der Waals surface area contributed by atoms with Gasteiger partial charge in [0, 0.05) is 33.4 Å². The molecule has 6 rings (SSSR count). The molecule has 0 aliphatic heterocycles. The Hall–Kier alpha value is -5.15. The summed E-state index contributed by atoms with van der Waals surface area (Å²) in [6, 6.07) is 40.0. The molecule has 3 nitrogen and oxygen atoms in total. The Morgan fingerprint density at radius 2 is 0.842 bits per heavy atom. The minimum atomic E-state index is -0.362. The molecule has 0 radical (unpaired) electrons. The second kappa shape index (κ2) is 9.72. The molecular formula is C35H22O3. The summed E-state index contributed by atoms with van der Waals surface area (Å²) < 4.78 is 0. The molecule has 0 N–H and O–H groups in total. The fraction of sp³-hybridized carbons (Fsp3) is 0. The maximum Gasteiger partial charge on any atom is 0.194 e. The summed E-state index contributed by atoms with van der Waals surface area (Å²) in [6.45, 7) is 0. The van der Waals surface area contributed by atoms with Crippen LogP contribution in [0, 0.1) is 0 Å². The van der Waals surface area contributed by atoms with E-state index in [1.807, 2.05) is 54.6 Å². The molecule has 0 fully saturated rings. The minimum absolute atomic E-state index is 0.127. The standard InChI is InChI=1S/C35H22O3/c36-33(24-13-4-1-5-14-24)30-22-29-27-19-11-10-12-23(27)20-21-28(29)31(34(37)25-15-6-2-7-16-25)32(30)35(38)26-17-8-3-9-18-26/h1-22H. The smallest absolute Gasteiger partial charge is 0.194 e. The van der Waals surface area contributed by atoms with E-state index in [4.69, 9.17) is 0 Å². The van der Waals surface area contributed by atoms with E-state index in [-0.39, 0.29) is 34.0 Å². The lowest BCUT2D eigenvalue weighted by Gasteiger charge is -2.18. The Bertz CT molecular complexity index is 1840. The first kappa shape index (κ1) is 23.3. The molecule has 6 aromatic rings. The van der Waals surface area contributed by atoms with Crippen LogP contribution in [0.25, 0.3) is 21.5 Å². The third-order valence-electron chi connectivity index (χ3n) is 6.85. The van der Waals surface area contributed by atoms with Crippen LogP contribution in [0.3, 0.4) is 0 Å². The van der Waals surface area contributed by atoms with Crippen molar-refractivity contribution < 1.29 is 14.4 Å². The molecule has 0 aliphatic carbocycles. The lowest BCUT2D eigenvalue weighted by atomic mass is 9.82. The van der Waals surface area contributed by atoms with E-state index in [1.165, 1.54) is 0 Å². The molecule has 38 heavy (non-hydrogen) atoms. The van der Waals surface area contributed by atoms with Gasteiger partial charge in [0.05, 0.1) is 0 Å². The number of hydrogen-bond acceptors (Lipinski definition) is 3. The Labute approximate surface area is 220 Å². The molecule has 0 unspecified atom stereocenters. The zero-order valence-corrected chi connectivity index (χ0v) is 20.4. The number of benzene rings is 6. The second-order valence-electron chi connectivity index (χ2n) is 9.14. The van der Waals surface area contributed by atoms with Gasteiger partial charge in [-0.05, 0) is 27.6 Å². The van der Waals surface area contributed by atoms with Crippen LogP contribution in [-0.4, -0.2) is 17.3 Å². The monoisotopic (exact) mass is 490 g/mol. The zero-order chi connectivity index (χ0) is 26.1. The van der Waals surface area contributed by atoms with Gasteiger partial charge in [-0.2, -0.15) is 0 Å². The van der Waals surface area contributed by atoms with E-state index in [0.29, 0.717) is 22.1 Å². The molecule has 0 amide bonds. The van der Waals surface area contributed by atoms with E-state index in [2.05, 4.69) is 0 Å². The molecular weight excluding hydrogens is 468 g/mol. The van der Waals surface area contributed by atoms with E-state index in [1.54, 1.807) is 78.9 Å². The topological polar surface area (TPSA) is 51.2 Å². The highest BCUT2D eigenvalue weighted by Crippen LogP contribution is 2.35. The highest BCUT2D eigenvalue weighted by Gasteiger charge is 2.29. The number of fused-ring (bicyclic) bond motifs is 3. The molecule has 0 heterocycles. The van der Waals surface area contributed by atoms with Gasteiger partial charge in [0.25, 0.3) is 0 Å². The summed E-state index contributed by atoms with van der Waals surface area (Å²) >= 11 is 0. The Balaban J connectivity index is 1.77. The maximum absolute atomic E-state index is 14.2. The van der Waals surface area contributed by atoms with Crippen LogP contribution in [0.2, 0.25) is 0 Å². The fourth-order valence-corrected chi connectivity index (χ4v) is 5.02. The van der Waals surface area contributed by atoms with Crippen molar-refractivity contribution in [2.24, 2.45) is 0 Å². The van der Waals surface area contributed by atoms with Crippen LogP contribution < -0.4 is 0 Å². The largest absolute Gasteiger partial charge is 0.289 e. The number of carbonyl (C=O) groups excluding carboxylic acids is 3. The summed E-state index contributed by atoms with van der Waals surface area (Å²) in [5.74, 6) is -0.964. The van der Waals surface area contributed by atoms with Gasteiger partial charge < -0.3 is 0 Å². The third kappa shape index (κ3) is 4.00. The van der Waals surface area contributed by atoms with Crippen molar-refractivity contribution in [3.63, 3.8) is 0 Å². The average molecular weight is 491 g/mol. The molecule has 0 atom stereocenters. The Kier molecular flexibility index (Phi) is 5.95. The average Bonchev–Trinajstić information content (AvgIpc) is 3.00. The first-order chi connectivity index (χ1) is 18.6. The minimum Gasteiger partial charge on any atom is -0.289 e. The predicted molar refractivity (Wildman–Crippen MR) is 151 cm³/mol. The highest BCUT2D eigenvalue weighted by atomic mass is 16.1. The van der Waals surface area contributed by atoms with Crippen molar-refractivity contribution in [3.8, 4) is 0 Å². The molecule has 0 saturated heterocycles. The van der Waals surface area contributed by atoms with Crippen LogP contribution in [-0.2, 0) is 0 Å². The van der Waals surface area contributed by atoms with Crippen LogP contribution in [0.15, 0.2) is 133 Å². The molecule has 0 bridgehead atoms. The van der Waals surface area contributed by atoms with E-state index in [9.17, 15) is 14.4 Å². The maximum atomic E-state index is 14.2. The quantitative estimate of drug-likeness (QED) is 0.178. The van der Waals surface area contributed by atoms with Crippen LogP contribution in [0.4, 0.5) is 0 Å². The molecule has 0 spiro atoms. The lowest BCUT2D eigenvalue weighted by Crippen LogP contribution is -2.18. The van der Waals surface area contributed by atoms with Crippen molar-refractivity contribution >= 4 is 38.9 Å². The van der Waals surface area contributed by atoms with Gasteiger partial charge in [-0.25, -0.2) is 0 Å². The SMILES string of the molecule is O=C(c1ccccc1)c1cc2c(ccc3ccccc32)c(C(=O)c2ccccc2)c1C(=O)c1ccccc1. The van der Waals surface area contributed by atoms with Gasteiger partial charge in [-0.15, -0.1) is 0 Å². The molecule has 0 aromatic heterocycles. The lowest BCUT2D eigenvalue weighted by molar-refractivity contribution is 0.0992. The summed E-state index contributed by atoms with van der Waals surface area (Å²) in [7, 11) is 0. The molecule has 6 aromatic carbocycles. The molecule has 3 heteroatoms. The van der Waals surface area contributed by atoms with E-state index >= 15 is 0 Å². The molecule has 0 aliphatic rings. The van der Waals surface area contributed by atoms with Crippen LogP contribution in [0.1, 0.15) is 47.8 Å². The van der Waals surface area contributed by atoms with Crippen LogP contribution in [0.5, 0.6) is 0 Å². The van der Waals surface area contributed by atoms with Gasteiger partial charge in [0.15, 0.2) is 17.3 Å². The predicted octanol–water partition coefficient (Wildman–Crippen LogP) is 7.69. The van der Waals surface area contributed by atoms with Crippen LogP contribution >= 0.6 is 0 Å². The van der Waals surface area contributed by atoms with Gasteiger partial charge >= 0.3 is 0 Å². The second-order valence-corrected chi connectivity index (χ2v) is 9.14. The van der Waals surface area contributed by atoms with Crippen molar-refractivity contribution in [1.82, 2.24) is 0 Å². The van der Waals surface area contributed by atoms with E-state index in [0.717, 1.165) is 16.2 Å². The normalized spacial score (nSPS) is 10.9. The number of rotatable bonds is 6. The number of carbonyl (C=O) groups is 3. The number of hydrogen-bond donors (Lipinski definition) is 0. The van der Waals surface area contributed by atoms with Gasteiger partial charge in [0.2, 0.25) is 0 Å². The van der Waals surface area contributed by atoms with Crippen molar-refractivity contribution in [1.29, 1.82) is 0 Å². The third-order valence-corrected chi connectivity index (χ3v) is 6.85. The van der Waals surface area contributed by atoms with Crippen molar-refractivity contribution in [2.45, 2.75) is 0 Å². The molecule has 0 saturated carbocycles. The summed E-state index contributed by atoms with van der Waals surface area (Å²) in [5.41, 5.74) is 1.90. The van der Waals surface area contributed by atoms with Gasteiger partial charge in [0.1, 0.15) is 0 Å². The summed E-state index contributed by atoms with van der Waals surface area (Å²) in [4.78, 5) is 42.4. The van der Waals surface area contributed by atoms with Crippen molar-refractivity contribution in [2.75, 3.05) is 0 Å². The highest BCUT2D eigenvalue weighted by molar-refractivity contribution is 6.31. The number of ketones is 3. The Morgan fingerprint density at radius 1 is 0.368 bits per heavy atom. The summed E-state index contributed by atoms with van der Waals surface area (Å²) in [6.07, 6.45) is 0. The first-order valence-corrected chi connectivity index (χ1v) is 12.4. The Morgan fingerprint density at radius 3 is 1.42 bits per heavy atom.